The second kappa shape index (κ2) is 4.98. The minimum absolute atomic E-state index is 0.261. The first-order valence-corrected chi connectivity index (χ1v) is 7.25. The maximum atomic E-state index is 10.4. The molecular formula is C12H15NO3S. The molecule has 0 fully saturated rings. The number of benzene rings is 1. The molecule has 0 saturated heterocycles. The normalized spacial score (nSPS) is 14.5. The summed E-state index contributed by atoms with van der Waals surface area (Å²) in [4.78, 5) is 0. The minimum atomic E-state index is -4.06. The summed E-state index contributed by atoms with van der Waals surface area (Å²) in [5.41, 5.74) is 2.49. The lowest BCUT2D eigenvalue weighted by Gasteiger charge is -2.05. The Balaban J connectivity index is 1.86. The van der Waals surface area contributed by atoms with Gasteiger partial charge >= 0.3 is 0 Å². The molecule has 0 atom stereocenters. The topological polar surface area (TPSA) is 60.2 Å². The highest BCUT2D eigenvalue weighted by Crippen LogP contribution is 2.23. The van der Waals surface area contributed by atoms with E-state index < -0.39 is 10.1 Å². The first-order chi connectivity index (χ1) is 8.06. The Labute approximate surface area is 101 Å². The van der Waals surface area contributed by atoms with E-state index in [1.165, 1.54) is 11.3 Å². The summed E-state index contributed by atoms with van der Waals surface area (Å²) in [7, 11) is -4.06. The molecule has 1 heterocycles. The average molecular weight is 253 g/mol. The molecule has 0 unspecified atom stereocenters. The number of para-hydroxylation sites is 1. The number of unbranched alkanes of at least 4 members (excludes halogenated alkanes) is 1. The smallest absolute Gasteiger partial charge is 0.208 e. The summed E-state index contributed by atoms with van der Waals surface area (Å²) in [6, 6.07) is 8.16. The summed E-state index contributed by atoms with van der Waals surface area (Å²) in [6.07, 6.45) is 4.18. The molecule has 17 heavy (non-hydrogen) atoms. The third kappa shape index (κ3) is 3.38. The predicted molar refractivity (Wildman–Crippen MR) is 64.8 cm³/mol. The van der Waals surface area contributed by atoms with Crippen molar-refractivity contribution in [1.82, 2.24) is 0 Å². The summed E-state index contributed by atoms with van der Waals surface area (Å²) < 4.78 is 33.5. The van der Waals surface area contributed by atoms with Crippen LogP contribution in [-0.2, 0) is 16.5 Å². The van der Waals surface area contributed by atoms with Crippen molar-refractivity contribution in [3.8, 4) is 0 Å². The van der Waals surface area contributed by atoms with Crippen molar-refractivity contribution in [3.63, 3.8) is 0 Å². The predicted octanol–water partition coefficient (Wildman–Crippen LogP) is 1.28. The van der Waals surface area contributed by atoms with Gasteiger partial charge in [-0.3, -0.25) is 0 Å². The molecule has 0 aliphatic carbocycles. The van der Waals surface area contributed by atoms with Crippen molar-refractivity contribution in [2.75, 3.05) is 12.3 Å². The van der Waals surface area contributed by atoms with Crippen molar-refractivity contribution in [2.24, 2.45) is 0 Å². The molecule has 1 aromatic rings. The van der Waals surface area contributed by atoms with Gasteiger partial charge in [0.05, 0.1) is 16.5 Å². The molecule has 5 heteroatoms. The van der Waals surface area contributed by atoms with E-state index in [0.717, 1.165) is 13.0 Å². The zero-order valence-electron chi connectivity index (χ0n) is 9.50. The fourth-order valence-corrected chi connectivity index (χ4v) is 2.60. The van der Waals surface area contributed by atoms with Crippen LogP contribution < -0.4 is 0 Å². The maximum Gasteiger partial charge on any atom is 0.208 e. The van der Waals surface area contributed by atoms with Crippen LogP contribution in [0.4, 0.5) is 5.69 Å². The third-order valence-electron chi connectivity index (χ3n) is 2.88. The monoisotopic (exact) mass is 253 g/mol. The van der Waals surface area contributed by atoms with E-state index in [9.17, 15) is 13.0 Å². The van der Waals surface area contributed by atoms with E-state index in [4.69, 9.17) is 0 Å². The molecule has 1 aliphatic rings. The fourth-order valence-electron chi connectivity index (χ4n) is 2.04. The molecule has 0 bridgehead atoms. The summed E-state index contributed by atoms with van der Waals surface area (Å²) in [5.74, 6) is -0.261. The molecule has 0 radical (unpaired) electrons. The van der Waals surface area contributed by atoms with Gasteiger partial charge in [-0.15, -0.1) is 0 Å². The SMILES string of the molecule is O=S(=O)([O-])CCCC[N+]1=CCc2ccccc21. The number of fused-ring (bicyclic) bond motifs is 1. The average Bonchev–Trinajstić information content (AvgIpc) is 2.67. The van der Waals surface area contributed by atoms with E-state index in [-0.39, 0.29) is 5.75 Å². The van der Waals surface area contributed by atoms with E-state index >= 15 is 0 Å². The van der Waals surface area contributed by atoms with Gasteiger partial charge in [-0.25, -0.2) is 13.0 Å². The number of hydrogen-bond acceptors (Lipinski definition) is 3. The van der Waals surface area contributed by atoms with Crippen LogP contribution in [0.5, 0.6) is 0 Å². The van der Waals surface area contributed by atoms with E-state index in [1.807, 2.05) is 12.1 Å². The third-order valence-corrected chi connectivity index (χ3v) is 3.66. The Morgan fingerprint density at radius 3 is 2.76 bits per heavy atom. The van der Waals surface area contributed by atoms with Crippen molar-refractivity contribution < 1.29 is 17.5 Å². The van der Waals surface area contributed by atoms with Gasteiger partial charge in [-0.1, -0.05) is 18.2 Å². The molecule has 2 rings (SSSR count). The van der Waals surface area contributed by atoms with Gasteiger partial charge in [0.25, 0.3) is 0 Å². The van der Waals surface area contributed by atoms with Crippen molar-refractivity contribution in [1.29, 1.82) is 0 Å². The molecule has 1 aromatic carbocycles. The summed E-state index contributed by atoms with van der Waals surface area (Å²) in [6.45, 7) is 0.770. The minimum Gasteiger partial charge on any atom is -0.748 e. The second-order valence-corrected chi connectivity index (χ2v) is 5.70. The lowest BCUT2D eigenvalue weighted by Crippen LogP contribution is -2.09. The summed E-state index contributed by atoms with van der Waals surface area (Å²) in [5, 5.41) is 0. The Bertz CT molecular complexity index is 534. The molecule has 92 valence electrons. The quantitative estimate of drug-likeness (QED) is 0.451. The fraction of sp³-hybridized carbons (Fsp3) is 0.417. The Morgan fingerprint density at radius 1 is 1.24 bits per heavy atom. The van der Waals surface area contributed by atoms with Gasteiger partial charge in [-0.05, 0) is 6.42 Å². The highest BCUT2D eigenvalue weighted by molar-refractivity contribution is 7.85. The van der Waals surface area contributed by atoms with Gasteiger partial charge < -0.3 is 4.55 Å². The van der Waals surface area contributed by atoms with E-state index in [0.29, 0.717) is 12.8 Å². The van der Waals surface area contributed by atoms with Crippen LogP contribution >= 0.6 is 0 Å². The molecule has 0 spiro atoms. The van der Waals surface area contributed by atoms with Gasteiger partial charge in [0.15, 0.2) is 0 Å². The Kier molecular flexibility index (Phi) is 3.59. The highest BCUT2D eigenvalue weighted by Gasteiger charge is 2.19. The molecule has 4 nitrogen and oxygen atoms in total. The van der Waals surface area contributed by atoms with Crippen LogP contribution in [0.3, 0.4) is 0 Å². The molecule has 1 aliphatic heterocycles. The van der Waals surface area contributed by atoms with Crippen molar-refractivity contribution >= 4 is 22.0 Å². The molecule has 0 amide bonds. The van der Waals surface area contributed by atoms with Crippen LogP contribution in [0, 0.1) is 0 Å². The van der Waals surface area contributed by atoms with Crippen LogP contribution in [0.25, 0.3) is 0 Å². The van der Waals surface area contributed by atoms with E-state index in [2.05, 4.69) is 22.9 Å². The largest absolute Gasteiger partial charge is 0.748 e. The number of nitrogens with zero attached hydrogens (tertiary/aromatic N) is 1. The zero-order chi connectivity index (χ0) is 12.3. The number of hydrogen-bond donors (Lipinski definition) is 0. The van der Waals surface area contributed by atoms with Crippen LogP contribution in [-0.4, -0.2) is 36.1 Å². The highest BCUT2D eigenvalue weighted by atomic mass is 32.2. The first-order valence-electron chi connectivity index (χ1n) is 5.68. The van der Waals surface area contributed by atoms with Gasteiger partial charge in [-0.2, -0.15) is 0 Å². The Morgan fingerprint density at radius 2 is 2.00 bits per heavy atom. The first kappa shape index (κ1) is 12.3. The maximum absolute atomic E-state index is 10.4. The lowest BCUT2D eigenvalue weighted by atomic mass is 10.1. The van der Waals surface area contributed by atoms with Crippen LogP contribution in [0.1, 0.15) is 18.4 Å². The van der Waals surface area contributed by atoms with E-state index in [1.54, 1.807) is 0 Å². The molecule has 0 aromatic heterocycles. The van der Waals surface area contributed by atoms with Gasteiger partial charge in [0.1, 0.15) is 12.8 Å². The van der Waals surface area contributed by atoms with Crippen LogP contribution in [0.2, 0.25) is 0 Å². The van der Waals surface area contributed by atoms with Crippen molar-refractivity contribution in [3.05, 3.63) is 29.8 Å². The zero-order valence-corrected chi connectivity index (χ0v) is 10.3. The Hall–Kier alpha value is -1.20. The molecule has 0 saturated carbocycles. The summed E-state index contributed by atoms with van der Waals surface area (Å²) >= 11 is 0. The van der Waals surface area contributed by atoms with Crippen LogP contribution in [0.15, 0.2) is 24.3 Å². The molecule has 0 N–H and O–H groups in total. The van der Waals surface area contributed by atoms with Gasteiger partial charge in [0.2, 0.25) is 5.69 Å². The van der Waals surface area contributed by atoms with Crippen molar-refractivity contribution in [2.45, 2.75) is 19.3 Å². The lowest BCUT2D eigenvalue weighted by molar-refractivity contribution is -0.433. The van der Waals surface area contributed by atoms with Gasteiger partial charge in [0, 0.05) is 23.8 Å². The molecular weight excluding hydrogens is 238 g/mol. The standard InChI is InChI=1S/C12H15NO3S/c14-17(15,16)10-4-3-8-13-9-7-11-5-1-2-6-12(11)13/h1-2,5-6,9H,3-4,7-8,10H2. The second-order valence-electron chi connectivity index (χ2n) is 4.18. The number of rotatable bonds is 5.